The highest BCUT2D eigenvalue weighted by Crippen LogP contribution is 2.29. The zero-order valence-corrected chi connectivity index (χ0v) is 18.1. The lowest BCUT2D eigenvalue weighted by atomic mass is 9.96. The van der Waals surface area contributed by atoms with Crippen molar-refractivity contribution in [2.24, 2.45) is 5.10 Å². The minimum atomic E-state index is 0.259. The van der Waals surface area contributed by atoms with Crippen LogP contribution < -0.4 is 9.47 Å². The molecule has 3 aromatic rings. The molecule has 0 atom stereocenters. The molecular formula is C26H29N3O2. The van der Waals surface area contributed by atoms with E-state index >= 15 is 0 Å². The van der Waals surface area contributed by atoms with Crippen LogP contribution in [0, 0.1) is 0 Å². The fourth-order valence-corrected chi connectivity index (χ4v) is 4.04. The molecule has 0 saturated carbocycles. The Hall–Kier alpha value is -3.31. The monoisotopic (exact) mass is 415 g/mol. The van der Waals surface area contributed by atoms with Gasteiger partial charge >= 0.3 is 0 Å². The first-order valence-corrected chi connectivity index (χ1v) is 10.6. The second-order valence-corrected chi connectivity index (χ2v) is 7.57. The van der Waals surface area contributed by atoms with E-state index in [2.05, 4.69) is 70.6 Å². The molecule has 0 spiro atoms. The van der Waals surface area contributed by atoms with Crippen LogP contribution in [0.3, 0.4) is 0 Å². The van der Waals surface area contributed by atoms with Crippen molar-refractivity contribution in [1.29, 1.82) is 0 Å². The molecule has 1 heterocycles. The standard InChI is InChI=1S/C26H29N3O2/c1-30-24-14-13-23(25(19-24)31-2)20-27-29-17-15-28(16-18-29)26(21-9-5-3-6-10-21)22-11-7-4-8-12-22/h3-14,19-20,26H,15-18H2,1-2H3. The van der Waals surface area contributed by atoms with Gasteiger partial charge in [-0.3, -0.25) is 9.91 Å². The Morgan fingerprint density at radius 2 is 1.39 bits per heavy atom. The summed E-state index contributed by atoms with van der Waals surface area (Å²) in [5.74, 6) is 1.53. The van der Waals surface area contributed by atoms with Gasteiger partial charge in [-0.2, -0.15) is 5.10 Å². The molecule has 1 fully saturated rings. The highest BCUT2D eigenvalue weighted by atomic mass is 16.5. The summed E-state index contributed by atoms with van der Waals surface area (Å²) in [7, 11) is 3.32. The van der Waals surface area contributed by atoms with Crippen molar-refractivity contribution in [3.05, 3.63) is 95.6 Å². The van der Waals surface area contributed by atoms with Crippen LogP contribution in [-0.4, -0.2) is 56.5 Å². The van der Waals surface area contributed by atoms with Crippen LogP contribution in [0.4, 0.5) is 0 Å². The van der Waals surface area contributed by atoms with Gasteiger partial charge in [-0.15, -0.1) is 0 Å². The third-order valence-electron chi connectivity index (χ3n) is 5.69. The molecule has 5 nitrogen and oxygen atoms in total. The molecule has 1 aliphatic heterocycles. The smallest absolute Gasteiger partial charge is 0.131 e. The molecule has 0 N–H and O–H groups in total. The van der Waals surface area contributed by atoms with Gasteiger partial charge in [0.1, 0.15) is 11.5 Å². The Bertz CT molecular complexity index is 945. The van der Waals surface area contributed by atoms with E-state index in [0.717, 1.165) is 43.2 Å². The van der Waals surface area contributed by atoms with E-state index in [4.69, 9.17) is 14.6 Å². The lowest BCUT2D eigenvalue weighted by molar-refractivity contribution is 0.113. The number of benzene rings is 3. The van der Waals surface area contributed by atoms with Gasteiger partial charge in [0.05, 0.1) is 26.5 Å². The lowest BCUT2D eigenvalue weighted by Gasteiger charge is -2.38. The van der Waals surface area contributed by atoms with E-state index in [1.807, 2.05) is 24.4 Å². The Morgan fingerprint density at radius 1 is 0.774 bits per heavy atom. The molecule has 4 rings (SSSR count). The SMILES string of the molecule is COc1ccc(C=NN2CCN(C(c3ccccc3)c3ccccc3)CC2)c(OC)c1. The van der Waals surface area contributed by atoms with Crippen LogP contribution >= 0.6 is 0 Å². The molecule has 0 amide bonds. The first-order chi connectivity index (χ1) is 15.3. The molecule has 0 bridgehead atoms. The summed E-state index contributed by atoms with van der Waals surface area (Å²) < 4.78 is 10.7. The average Bonchev–Trinajstić information content (AvgIpc) is 2.85. The number of piperazine rings is 1. The number of ether oxygens (including phenoxy) is 2. The molecular weight excluding hydrogens is 386 g/mol. The highest BCUT2D eigenvalue weighted by molar-refractivity contribution is 5.83. The second-order valence-electron chi connectivity index (χ2n) is 7.57. The van der Waals surface area contributed by atoms with E-state index < -0.39 is 0 Å². The van der Waals surface area contributed by atoms with Gasteiger partial charge in [-0.05, 0) is 23.3 Å². The van der Waals surface area contributed by atoms with Gasteiger partial charge < -0.3 is 9.47 Å². The van der Waals surface area contributed by atoms with Crippen molar-refractivity contribution in [3.63, 3.8) is 0 Å². The fourth-order valence-electron chi connectivity index (χ4n) is 4.04. The maximum absolute atomic E-state index is 5.48. The maximum atomic E-state index is 5.48. The molecule has 1 saturated heterocycles. The summed E-state index contributed by atoms with van der Waals surface area (Å²) in [6, 6.07) is 27.5. The van der Waals surface area contributed by atoms with Crippen LogP contribution in [-0.2, 0) is 0 Å². The molecule has 5 heteroatoms. The largest absolute Gasteiger partial charge is 0.497 e. The van der Waals surface area contributed by atoms with Crippen molar-refractivity contribution < 1.29 is 9.47 Å². The fraction of sp³-hybridized carbons (Fsp3) is 0.269. The van der Waals surface area contributed by atoms with E-state index in [1.165, 1.54) is 11.1 Å². The number of methoxy groups -OCH3 is 2. The van der Waals surface area contributed by atoms with E-state index in [1.54, 1.807) is 14.2 Å². The maximum Gasteiger partial charge on any atom is 0.131 e. The normalized spacial score (nSPS) is 14.9. The number of hydrogen-bond acceptors (Lipinski definition) is 5. The Labute approximate surface area is 184 Å². The quantitative estimate of drug-likeness (QED) is 0.535. The van der Waals surface area contributed by atoms with E-state index in [0.29, 0.717) is 0 Å². The molecule has 160 valence electrons. The predicted molar refractivity (Wildman–Crippen MR) is 125 cm³/mol. The lowest BCUT2D eigenvalue weighted by Crippen LogP contribution is -2.45. The summed E-state index contributed by atoms with van der Waals surface area (Å²) in [4.78, 5) is 2.55. The summed E-state index contributed by atoms with van der Waals surface area (Å²) in [6.07, 6.45) is 1.87. The van der Waals surface area contributed by atoms with Crippen molar-refractivity contribution in [2.45, 2.75) is 6.04 Å². The molecule has 31 heavy (non-hydrogen) atoms. The summed E-state index contributed by atoms with van der Waals surface area (Å²) in [6.45, 7) is 3.66. The number of hydrazone groups is 1. The van der Waals surface area contributed by atoms with Crippen molar-refractivity contribution in [1.82, 2.24) is 9.91 Å². The van der Waals surface area contributed by atoms with Gasteiger partial charge in [0.15, 0.2) is 0 Å². The van der Waals surface area contributed by atoms with Crippen LogP contribution in [0.25, 0.3) is 0 Å². The predicted octanol–water partition coefficient (Wildman–Crippen LogP) is 4.44. The third-order valence-corrected chi connectivity index (χ3v) is 5.69. The summed E-state index contributed by atoms with van der Waals surface area (Å²) >= 11 is 0. The van der Waals surface area contributed by atoms with Crippen LogP contribution in [0.15, 0.2) is 84.0 Å². The highest BCUT2D eigenvalue weighted by Gasteiger charge is 2.25. The second kappa shape index (κ2) is 10.1. The molecule has 1 aliphatic rings. The third kappa shape index (κ3) is 5.06. The van der Waals surface area contributed by atoms with Gasteiger partial charge in [0.2, 0.25) is 0 Å². The van der Waals surface area contributed by atoms with Gasteiger partial charge in [0.25, 0.3) is 0 Å². The Kier molecular flexibility index (Phi) is 6.85. The first kappa shape index (κ1) is 20.9. The summed E-state index contributed by atoms with van der Waals surface area (Å²) in [5.41, 5.74) is 3.60. The van der Waals surface area contributed by atoms with Gasteiger partial charge in [-0.1, -0.05) is 60.7 Å². The molecule has 0 aromatic heterocycles. The molecule has 3 aromatic carbocycles. The van der Waals surface area contributed by atoms with Crippen molar-refractivity contribution >= 4 is 6.21 Å². The zero-order valence-electron chi connectivity index (χ0n) is 18.1. The topological polar surface area (TPSA) is 37.3 Å². The first-order valence-electron chi connectivity index (χ1n) is 10.6. The minimum absolute atomic E-state index is 0.259. The van der Waals surface area contributed by atoms with E-state index in [9.17, 15) is 0 Å². The Morgan fingerprint density at radius 3 is 1.94 bits per heavy atom. The summed E-state index contributed by atoms with van der Waals surface area (Å²) in [5, 5.41) is 6.85. The molecule has 0 unspecified atom stereocenters. The van der Waals surface area contributed by atoms with Crippen LogP contribution in [0.2, 0.25) is 0 Å². The minimum Gasteiger partial charge on any atom is -0.497 e. The molecule has 0 radical (unpaired) electrons. The van der Waals surface area contributed by atoms with Gasteiger partial charge in [0, 0.05) is 37.8 Å². The van der Waals surface area contributed by atoms with Crippen LogP contribution in [0.5, 0.6) is 11.5 Å². The van der Waals surface area contributed by atoms with Crippen molar-refractivity contribution in [2.75, 3.05) is 40.4 Å². The number of nitrogens with zero attached hydrogens (tertiary/aromatic N) is 3. The average molecular weight is 416 g/mol. The number of hydrogen-bond donors (Lipinski definition) is 0. The van der Waals surface area contributed by atoms with Crippen LogP contribution in [0.1, 0.15) is 22.7 Å². The zero-order chi connectivity index (χ0) is 21.5. The molecule has 0 aliphatic carbocycles. The van der Waals surface area contributed by atoms with Gasteiger partial charge in [-0.25, -0.2) is 0 Å². The number of rotatable bonds is 7. The van der Waals surface area contributed by atoms with E-state index in [-0.39, 0.29) is 6.04 Å². The Balaban J connectivity index is 1.45. The van der Waals surface area contributed by atoms with Crippen molar-refractivity contribution in [3.8, 4) is 11.5 Å².